The lowest BCUT2D eigenvalue weighted by Gasteiger charge is -2.26. The highest BCUT2D eigenvalue weighted by Crippen LogP contribution is 2.17. The van der Waals surface area contributed by atoms with Gasteiger partial charge >= 0.3 is 0 Å². The lowest BCUT2D eigenvalue weighted by Crippen LogP contribution is -2.44. The van der Waals surface area contributed by atoms with Crippen molar-refractivity contribution in [3.8, 4) is 0 Å². The third kappa shape index (κ3) is 3.39. The largest absolute Gasteiger partial charge is 0.338 e. The summed E-state index contributed by atoms with van der Waals surface area (Å²) >= 11 is 0. The second kappa shape index (κ2) is 5.91. The molecule has 2 N–H and O–H groups in total. The van der Waals surface area contributed by atoms with Crippen molar-refractivity contribution < 1.29 is 0 Å². The molecule has 1 rings (SSSR count). The van der Waals surface area contributed by atoms with E-state index in [4.69, 9.17) is 0 Å². The lowest BCUT2D eigenvalue weighted by molar-refractivity contribution is 0.912. The van der Waals surface area contributed by atoms with Gasteiger partial charge in [-0.05, 0) is 37.3 Å². The number of hydrogen-bond donors (Lipinski definition) is 2. The fourth-order valence-electron chi connectivity index (χ4n) is 1.71. The summed E-state index contributed by atoms with van der Waals surface area (Å²) in [6.07, 6.45) is 0. The van der Waals surface area contributed by atoms with Crippen molar-refractivity contribution in [1.29, 1.82) is 0 Å². The Morgan fingerprint density at radius 1 is 0.833 bits per heavy atom. The van der Waals surface area contributed by atoms with Crippen LogP contribution in [0.4, 0.5) is 0 Å². The minimum Gasteiger partial charge on any atom is -0.338 e. The molecule has 1 heterocycles. The normalized spacial score (nSPS) is 21.5. The van der Waals surface area contributed by atoms with Crippen LogP contribution in [-0.2, 0) is 0 Å². The zero-order valence-corrected chi connectivity index (χ0v) is 10.2. The lowest BCUT2D eigenvalue weighted by atomic mass is 10.8. The number of hydrogen-bond acceptors (Lipinski definition) is 2. The van der Waals surface area contributed by atoms with E-state index < -0.39 is 0 Å². The molecule has 0 spiro atoms. The summed E-state index contributed by atoms with van der Waals surface area (Å²) in [4.78, 5) is 7.27. The van der Waals surface area contributed by atoms with E-state index in [-0.39, 0.29) is 17.9 Å². The Balaban J connectivity index is 2.11. The SMILES string of the molecule is CCN[Si]1CC[Si](NCC)CC1. The Labute approximate surface area is 79.5 Å². The molecule has 4 heteroatoms. The van der Waals surface area contributed by atoms with E-state index in [2.05, 4.69) is 23.8 Å². The molecule has 0 aromatic rings. The Bertz CT molecular complexity index is 99.6. The smallest absolute Gasteiger partial charge is 0.133 e. The van der Waals surface area contributed by atoms with Gasteiger partial charge in [-0.1, -0.05) is 13.8 Å². The third-order valence-corrected chi connectivity index (χ3v) is 8.43. The maximum atomic E-state index is 3.64. The van der Waals surface area contributed by atoms with Crippen LogP contribution < -0.4 is 9.96 Å². The zero-order chi connectivity index (χ0) is 8.81. The van der Waals surface area contributed by atoms with E-state index in [0.29, 0.717) is 0 Å². The summed E-state index contributed by atoms with van der Waals surface area (Å²) in [6, 6.07) is 6.00. The highest BCUT2D eigenvalue weighted by molar-refractivity contribution is 6.67. The monoisotopic (exact) mass is 200 g/mol. The number of rotatable bonds is 4. The average molecular weight is 200 g/mol. The van der Waals surface area contributed by atoms with Crippen molar-refractivity contribution in [3.05, 3.63) is 0 Å². The van der Waals surface area contributed by atoms with Crippen LogP contribution in [0.25, 0.3) is 0 Å². The molecule has 0 bridgehead atoms. The van der Waals surface area contributed by atoms with Gasteiger partial charge < -0.3 is 9.96 Å². The molecule has 2 nitrogen and oxygen atoms in total. The van der Waals surface area contributed by atoms with Gasteiger partial charge in [-0.15, -0.1) is 0 Å². The van der Waals surface area contributed by atoms with Gasteiger partial charge in [0, 0.05) is 0 Å². The fraction of sp³-hybridized carbons (Fsp3) is 1.00. The summed E-state index contributed by atoms with van der Waals surface area (Å²) < 4.78 is 0. The van der Waals surface area contributed by atoms with Crippen molar-refractivity contribution >= 4 is 17.9 Å². The molecule has 0 aromatic heterocycles. The highest BCUT2D eigenvalue weighted by Gasteiger charge is 2.22. The highest BCUT2D eigenvalue weighted by atomic mass is 28.3. The molecule has 1 fully saturated rings. The first-order chi connectivity index (χ1) is 5.86. The molecular weight excluding hydrogens is 180 g/mol. The molecule has 1 aliphatic rings. The second-order valence-corrected chi connectivity index (χ2v) is 8.39. The van der Waals surface area contributed by atoms with Crippen LogP contribution in [0.15, 0.2) is 0 Å². The first kappa shape index (κ1) is 10.4. The molecule has 1 saturated heterocycles. The summed E-state index contributed by atoms with van der Waals surface area (Å²) in [5.74, 6) is 0. The van der Waals surface area contributed by atoms with E-state index in [1.807, 2.05) is 0 Å². The maximum absolute atomic E-state index is 3.64. The van der Waals surface area contributed by atoms with Crippen LogP contribution >= 0.6 is 0 Å². The molecular formula is C8H20N2Si2. The first-order valence-corrected chi connectivity index (χ1v) is 8.86. The third-order valence-electron chi connectivity index (χ3n) is 2.31. The molecule has 0 aliphatic carbocycles. The van der Waals surface area contributed by atoms with E-state index in [1.54, 1.807) is 0 Å². The molecule has 0 amide bonds. The van der Waals surface area contributed by atoms with E-state index in [0.717, 1.165) is 0 Å². The molecule has 1 aliphatic heterocycles. The van der Waals surface area contributed by atoms with Gasteiger partial charge in [-0.2, -0.15) is 0 Å². The van der Waals surface area contributed by atoms with Crippen LogP contribution in [0.3, 0.4) is 0 Å². The van der Waals surface area contributed by atoms with Crippen molar-refractivity contribution in [2.45, 2.75) is 38.0 Å². The number of nitrogens with one attached hydrogen (secondary N) is 2. The summed E-state index contributed by atoms with van der Waals surface area (Å²) in [7, 11) is -0.228. The van der Waals surface area contributed by atoms with Gasteiger partial charge in [0.2, 0.25) is 0 Å². The first-order valence-electron chi connectivity index (χ1n) is 5.04. The van der Waals surface area contributed by atoms with Crippen molar-refractivity contribution in [3.63, 3.8) is 0 Å². The summed E-state index contributed by atoms with van der Waals surface area (Å²) in [5, 5.41) is 0. The van der Waals surface area contributed by atoms with Gasteiger partial charge in [-0.3, -0.25) is 0 Å². The van der Waals surface area contributed by atoms with E-state index in [1.165, 1.54) is 37.3 Å². The molecule has 0 aromatic carbocycles. The minimum absolute atomic E-state index is 0.114. The van der Waals surface area contributed by atoms with Gasteiger partial charge in [-0.25, -0.2) is 0 Å². The van der Waals surface area contributed by atoms with Crippen molar-refractivity contribution in [2.24, 2.45) is 0 Å². The van der Waals surface area contributed by atoms with E-state index in [9.17, 15) is 0 Å². The van der Waals surface area contributed by atoms with E-state index >= 15 is 0 Å². The molecule has 70 valence electrons. The second-order valence-electron chi connectivity index (χ2n) is 3.27. The van der Waals surface area contributed by atoms with Crippen LogP contribution in [0, 0.1) is 0 Å². The van der Waals surface area contributed by atoms with Gasteiger partial charge in [0.05, 0.1) is 0 Å². The predicted octanol–water partition coefficient (Wildman–Crippen LogP) is 1.20. The van der Waals surface area contributed by atoms with Crippen LogP contribution in [0.1, 0.15) is 13.8 Å². The summed E-state index contributed by atoms with van der Waals surface area (Å²) in [6.45, 7) is 6.81. The Kier molecular flexibility index (Phi) is 5.14. The minimum atomic E-state index is -0.114. The predicted molar refractivity (Wildman–Crippen MR) is 58.1 cm³/mol. The maximum Gasteiger partial charge on any atom is 0.133 e. The van der Waals surface area contributed by atoms with Crippen LogP contribution in [-0.4, -0.2) is 31.0 Å². The molecule has 2 radical (unpaired) electrons. The topological polar surface area (TPSA) is 24.1 Å². The molecule has 0 saturated carbocycles. The Hall–Kier alpha value is 0.354. The fourth-order valence-corrected chi connectivity index (χ4v) is 8.74. The van der Waals surface area contributed by atoms with Crippen LogP contribution in [0.5, 0.6) is 0 Å². The van der Waals surface area contributed by atoms with Crippen molar-refractivity contribution in [1.82, 2.24) is 9.96 Å². The van der Waals surface area contributed by atoms with Crippen molar-refractivity contribution in [2.75, 3.05) is 13.1 Å². The quantitative estimate of drug-likeness (QED) is 0.667. The molecule has 12 heavy (non-hydrogen) atoms. The average Bonchev–Trinajstić information content (AvgIpc) is 2.09. The zero-order valence-electron chi connectivity index (χ0n) is 8.24. The van der Waals surface area contributed by atoms with Gasteiger partial charge in [0.15, 0.2) is 0 Å². The molecule has 0 unspecified atom stereocenters. The standard InChI is InChI=1S/C8H20N2Si2/c1-3-9-11-5-7-12(8-6-11)10-4-2/h9-10H,3-8H2,1-2H3. The van der Waals surface area contributed by atoms with Gasteiger partial charge in [0.1, 0.15) is 17.9 Å². The summed E-state index contributed by atoms with van der Waals surface area (Å²) in [5.41, 5.74) is 0. The molecule has 0 atom stereocenters. The van der Waals surface area contributed by atoms with Gasteiger partial charge in [0.25, 0.3) is 0 Å². The Morgan fingerprint density at radius 3 is 1.42 bits per heavy atom. The Morgan fingerprint density at radius 2 is 1.17 bits per heavy atom. The van der Waals surface area contributed by atoms with Crippen LogP contribution in [0.2, 0.25) is 24.2 Å².